The highest BCUT2D eigenvalue weighted by Gasteiger charge is 2.16. The molecule has 0 aliphatic heterocycles. The van der Waals surface area contributed by atoms with Gasteiger partial charge in [-0.15, -0.1) is 0 Å². The lowest BCUT2D eigenvalue weighted by Gasteiger charge is -2.11. The molecule has 31 heavy (non-hydrogen) atoms. The van der Waals surface area contributed by atoms with Crippen LogP contribution in [0.3, 0.4) is 0 Å². The van der Waals surface area contributed by atoms with Gasteiger partial charge in [-0.2, -0.15) is 11.8 Å². The fraction of sp³-hybridized carbons (Fsp3) is 0.136. The van der Waals surface area contributed by atoms with Crippen molar-refractivity contribution in [3.8, 4) is 0 Å². The van der Waals surface area contributed by atoms with Gasteiger partial charge in [0, 0.05) is 28.8 Å². The number of rotatable bonds is 9. The summed E-state index contributed by atoms with van der Waals surface area (Å²) in [5, 5.41) is 3.75. The molecule has 5 nitrogen and oxygen atoms in total. The summed E-state index contributed by atoms with van der Waals surface area (Å²) in [4.78, 5) is 12.7. The highest BCUT2D eigenvalue weighted by molar-refractivity contribution is 7.98. The number of sulfonamides is 1. The van der Waals surface area contributed by atoms with Gasteiger partial charge in [0.1, 0.15) is 0 Å². The first kappa shape index (κ1) is 23.5. The molecule has 3 rings (SSSR count). The van der Waals surface area contributed by atoms with Crippen molar-refractivity contribution in [2.24, 2.45) is 0 Å². The normalized spacial score (nSPS) is 11.2. The summed E-state index contributed by atoms with van der Waals surface area (Å²) in [5.74, 6) is 1.12. The van der Waals surface area contributed by atoms with E-state index in [9.17, 15) is 13.2 Å². The number of thioether (sulfide) groups is 1. The maximum absolute atomic E-state index is 12.5. The quantitative estimate of drug-likeness (QED) is 0.387. The van der Waals surface area contributed by atoms with E-state index in [0.717, 1.165) is 11.3 Å². The molecule has 2 N–H and O–H groups in total. The van der Waals surface area contributed by atoms with Crippen LogP contribution < -0.4 is 10.0 Å². The maximum atomic E-state index is 12.5. The van der Waals surface area contributed by atoms with Crippen LogP contribution in [0.2, 0.25) is 10.0 Å². The standard InChI is InChI=1S/C22H20Cl2N2O3S2/c23-17-6-4-5-16(13-17)15-30-12-11-25-22(27)20-14-18(9-10-21(20)24)26-31(28,29)19-7-2-1-3-8-19/h1-10,13-14,26H,11-12,15H2,(H,25,27). The van der Waals surface area contributed by atoms with E-state index in [-0.39, 0.29) is 27.1 Å². The molecule has 0 atom stereocenters. The van der Waals surface area contributed by atoms with Gasteiger partial charge in [-0.05, 0) is 48.0 Å². The lowest BCUT2D eigenvalue weighted by atomic mass is 10.2. The molecule has 1 amide bonds. The first-order valence-corrected chi connectivity index (χ1v) is 12.7. The summed E-state index contributed by atoms with van der Waals surface area (Å²) in [6.07, 6.45) is 0. The third-order valence-corrected chi connectivity index (χ3v) is 7.20. The lowest BCUT2D eigenvalue weighted by Crippen LogP contribution is -2.26. The van der Waals surface area contributed by atoms with Gasteiger partial charge in [-0.1, -0.05) is 53.5 Å². The number of hydrogen-bond acceptors (Lipinski definition) is 4. The largest absolute Gasteiger partial charge is 0.351 e. The summed E-state index contributed by atoms with van der Waals surface area (Å²) in [6.45, 7) is 0.445. The van der Waals surface area contributed by atoms with Crippen LogP contribution in [-0.4, -0.2) is 26.6 Å². The van der Waals surface area contributed by atoms with Gasteiger partial charge in [0.2, 0.25) is 0 Å². The average molecular weight is 495 g/mol. The maximum Gasteiger partial charge on any atom is 0.261 e. The van der Waals surface area contributed by atoms with E-state index >= 15 is 0 Å². The Balaban J connectivity index is 1.56. The second kappa shape index (κ2) is 10.9. The van der Waals surface area contributed by atoms with Crippen molar-refractivity contribution in [3.05, 3.63) is 94.0 Å². The van der Waals surface area contributed by atoms with E-state index in [2.05, 4.69) is 10.0 Å². The van der Waals surface area contributed by atoms with E-state index < -0.39 is 10.0 Å². The number of benzene rings is 3. The van der Waals surface area contributed by atoms with E-state index in [1.165, 1.54) is 30.3 Å². The van der Waals surface area contributed by atoms with Gasteiger partial charge in [-0.3, -0.25) is 9.52 Å². The second-order valence-electron chi connectivity index (χ2n) is 6.55. The molecule has 9 heteroatoms. The van der Waals surface area contributed by atoms with Crippen LogP contribution in [0.4, 0.5) is 5.69 Å². The molecule has 0 bridgehead atoms. The predicted molar refractivity (Wildman–Crippen MR) is 129 cm³/mol. The molecule has 3 aromatic carbocycles. The molecule has 0 fully saturated rings. The van der Waals surface area contributed by atoms with Gasteiger partial charge < -0.3 is 5.32 Å². The topological polar surface area (TPSA) is 75.3 Å². The van der Waals surface area contributed by atoms with Crippen molar-refractivity contribution >= 4 is 56.6 Å². The third kappa shape index (κ3) is 6.90. The molecule has 162 valence electrons. The molecule has 3 aromatic rings. The zero-order chi connectivity index (χ0) is 22.3. The Morgan fingerprint density at radius 3 is 2.45 bits per heavy atom. The van der Waals surface area contributed by atoms with E-state index in [1.807, 2.05) is 24.3 Å². The Hall–Kier alpha value is -2.19. The fourth-order valence-electron chi connectivity index (χ4n) is 2.73. The Labute approximate surface area is 196 Å². The second-order valence-corrected chi connectivity index (χ2v) is 10.2. The van der Waals surface area contributed by atoms with Gasteiger partial charge in [0.25, 0.3) is 15.9 Å². The Morgan fingerprint density at radius 2 is 1.71 bits per heavy atom. The zero-order valence-electron chi connectivity index (χ0n) is 16.3. The Morgan fingerprint density at radius 1 is 0.935 bits per heavy atom. The van der Waals surface area contributed by atoms with Crippen molar-refractivity contribution in [2.75, 3.05) is 17.0 Å². The highest BCUT2D eigenvalue weighted by Crippen LogP contribution is 2.23. The molecule has 0 aliphatic carbocycles. The van der Waals surface area contributed by atoms with Crippen LogP contribution >= 0.6 is 35.0 Å². The number of hydrogen-bond donors (Lipinski definition) is 2. The number of carbonyl (C=O) groups excluding carboxylic acids is 1. The summed E-state index contributed by atoms with van der Waals surface area (Å²) < 4.78 is 27.5. The predicted octanol–water partition coefficient (Wildman–Crippen LogP) is 5.46. The van der Waals surface area contributed by atoms with Crippen LogP contribution in [0.1, 0.15) is 15.9 Å². The number of carbonyl (C=O) groups is 1. The van der Waals surface area contributed by atoms with Gasteiger partial charge >= 0.3 is 0 Å². The number of nitrogens with one attached hydrogen (secondary N) is 2. The van der Waals surface area contributed by atoms with Crippen molar-refractivity contribution in [3.63, 3.8) is 0 Å². The van der Waals surface area contributed by atoms with Crippen molar-refractivity contribution < 1.29 is 13.2 Å². The Kier molecular flexibility index (Phi) is 8.26. The summed E-state index contributed by atoms with van der Waals surface area (Å²) in [6, 6.07) is 20.1. The minimum Gasteiger partial charge on any atom is -0.351 e. The lowest BCUT2D eigenvalue weighted by molar-refractivity contribution is 0.0956. The number of halogens is 2. The zero-order valence-corrected chi connectivity index (χ0v) is 19.5. The van der Waals surface area contributed by atoms with E-state index in [1.54, 1.807) is 30.0 Å². The van der Waals surface area contributed by atoms with Crippen LogP contribution in [0.15, 0.2) is 77.7 Å². The monoisotopic (exact) mass is 494 g/mol. The number of amides is 1. The summed E-state index contributed by atoms with van der Waals surface area (Å²) in [7, 11) is -3.76. The van der Waals surface area contributed by atoms with Gasteiger partial charge in [0.05, 0.1) is 15.5 Å². The van der Waals surface area contributed by atoms with Crippen LogP contribution in [-0.2, 0) is 15.8 Å². The fourth-order valence-corrected chi connectivity index (χ4v) is 5.02. The van der Waals surface area contributed by atoms with Crippen LogP contribution in [0.5, 0.6) is 0 Å². The van der Waals surface area contributed by atoms with Gasteiger partial charge in [-0.25, -0.2) is 8.42 Å². The molecule has 0 saturated heterocycles. The van der Waals surface area contributed by atoms with Crippen LogP contribution in [0.25, 0.3) is 0 Å². The molecular weight excluding hydrogens is 475 g/mol. The highest BCUT2D eigenvalue weighted by atomic mass is 35.5. The van der Waals surface area contributed by atoms with Gasteiger partial charge in [0.15, 0.2) is 0 Å². The molecule has 0 spiro atoms. The molecule has 0 heterocycles. The first-order valence-electron chi connectivity index (χ1n) is 9.33. The summed E-state index contributed by atoms with van der Waals surface area (Å²) in [5.41, 5.74) is 1.58. The van der Waals surface area contributed by atoms with Crippen molar-refractivity contribution in [2.45, 2.75) is 10.6 Å². The SMILES string of the molecule is O=C(NCCSCc1cccc(Cl)c1)c1cc(NS(=O)(=O)c2ccccc2)ccc1Cl. The van der Waals surface area contributed by atoms with Crippen molar-refractivity contribution in [1.29, 1.82) is 0 Å². The molecule has 0 radical (unpaired) electrons. The van der Waals surface area contributed by atoms with Crippen LogP contribution in [0, 0.1) is 0 Å². The molecule has 0 unspecified atom stereocenters. The molecular formula is C22H20Cl2N2O3S2. The molecule has 0 aromatic heterocycles. The number of anilines is 1. The molecule has 0 aliphatic rings. The van der Waals surface area contributed by atoms with E-state index in [4.69, 9.17) is 23.2 Å². The molecule has 0 saturated carbocycles. The van der Waals surface area contributed by atoms with Crippen molar-refractivity contribution in [1.82, 2.24) is 5.32 Å². The summed E-state index contributed by atoms with van der Waals surface area (Å²) >= 11 is 13.8. The van der Waals surface area contributed by atoms with E-state index in [0.29, 0.717) is 17.3 Å². The minimum atomic E-state index is -3.76. The minimum absolute atomic E-state index is 0.132. The average Bonchev–Trinajstić information content (AvgIpc) is 2.75. The Bertz CT molecular complexity index is 1160. The smallest absolute Gasteiger partial charge is 0.261 e. The first-order chi connectivity index (χ1) is 14.8. The third-order valence-electron chi connectivity index (χ3n) is 4.21.